The maximum atomic E-state index is 3.16. The van der Waals surface area contributed by atoms with Crippen molar-refractivity contribution in [1.82, 2.24) is 5.32 Å². The van der Waals surface area contributed by atoms with Gasteiger partial charge in [-0.15, -0.1) is 0 Å². The van der Waals surface area contributed by atoms with Crippen molar-refractivity contribution in [2.45, 2.75) is 13.3 Å². The fraction of sp³-hybridized carbons (Fsp3) is 1.00. The summed E-state index contributed by atoms with van der Waals surface area (Å²) in [4.78, 5) is 0. The van der Waals surface area contributed by atoms with Crippen molar-refractivity contribution in [2.75, 3.05) is 13.6 Å². The highest BCUT2D eigenvalue weighted by molar-refractivity contribution is 4.83. The molecule has 0 bridgehead atoms. The van der Waals surface area contributed by atoms with Crippen LogP contribution in [0.4, 0.5) is 0 Å². The number of hydrogen-bond donors (Lipinski definition) is 1. The van der Waals surface area contributed by atoms with Gasteiger partial charge < -0.3 is 5.32 Å². The van der Waals surface area contributed by atoms with Gasteiger partial charge in [0.25, 0.3) is 0 Å². The van der Waals surface area contributed by atoms with Crippen LogP contribution in [0.15, 0.2) is 0 Å². The first-order valence-corrected chi connectivity index (χ1v) is 2.99. The lowest BCUT2D eigenvalue weighted by atomic mass is 10.3. The highest BCUT2D eigenvalue weighted by Gasteiger charge is 2.30. The van der Waals surface area contributed by atoms with Gasteiger partial charge in [-0.25, -0.2) is 0 Å². The van der Waals surface area contributed by atoms with Crippen molar-refractivity contribution in [3.63, 3.8) is 0 Å². The van der Waals surface area contributed by atoms with Gasteiger partial charge in [0, 0.05) is 0 Å². The third-order valence-electron chi connectivity index (χ3n) is 1.74. The van der Waals surface area contributed by atoms with Crippen molar-refractivity contribution in [3.8, 4) is 0 Å². The van der Waals surface area contributed by atoms with Crippen LogP contribution in [0.1, 0.15) is 13.3 Å². The summed E-state index contributed by atoms with van der Waals surface area (Å²) in [6.07, 6.45) is 1.45. The molecule has 1 N–H and O–H groups in total. The lowest BCUT2D eigenvalue weighted by molar-refractivity contribution is 0.672. The van der Waals surface area contributed by atoms with Crippen molar-refractivity contribution >= 4 is 0 Å². The van der Waals surface area contributed by atoms with Crippen LogP contribution in [-0.2, 0) is 0 Å². The Kier molecular flexibility index (Phi) is 1.33. The van der Waals surface area contributed by atoms with Crippen molar-refractivity contribution in [2.24, 2.45) is 11.8 Å². The molecule has 1 aliphatic rings. The van der Waals surface area contributed by atoms with Crippen LogP contribution in [0.2, 0.25) is 0 Å². The molecule has 0 aromatic heterocycles. The van der Waals surface area contributed by atoms with E-state index in [1.807, 2.05) is 7.05 Å². The molecule has 0 amide bonds. The zero-order valence-electron chi connectivity index (χ0n) is 5.07. The maximum Gasteiger partial charge on any atom is -0.00209 e. The third kappa shape index (κ3) is 1.16. The predicted molar refractivity (Wildman–Crippen MR) is 31.2 cm³/mol. The van der Waals surface area contributed by atoms with Gasteiger partial charge >= 0.3 is 0 Å². The molecule has 42 valence electrons. The van der Waals surface area contributed by atoms with Crippen molar-refractivity contribution in [1.29, 1.82) is 0 Å². The first-order valence-electron chi connectivity index (χ1n) is 2.99. The molecule has 1 nitrogen and oxygen atoms in total. The summed E-state index contributed by atoms with van der Waals surface area (Å²) < 4.78 is 0. The largest absolute Gasteiger partial charge is 0.319 e. The zero-order chi connectivity index (χ0) is 5.28. The molecule has 0 spiro atoms. The normalized spacial score (nSPS) is 38.6. The predicted octanol–water partition coefficient (Wildman–Crippen LogP) is 0.862. The van der Waals surface area contributed by atoms with Crippen molar-refractivity contribution < 1.29 is 0 Å². The molecule has 0 aromatic carbocycles. The van der Waals surface area contributed by atoms with Crippen LogP contribution in [-0.4, -0.2) is 13.6 Å². The third-order valence-corrected chi connectivity index (χ3v) is 1.74. The van der Waals surface area contributed by atoms with Crippen LogP contribution in [0.5, 0.6) is 0 Å². The molecule has 0 saturated heterocycles. The molecule has 7 heavy (non-hydrogen) atoms. The van der Waals surface area contributed by atoms with Gasteiger partial charge in [-0.05, 0) is 31.8 Å². The lowest BCUT2D eigenvalue weighted by Gasteiger charge is -1.90. The summed E-state index contributed by atoms with van der Waals surface area (Å²) in [5, 5.41) is 3.16. The van der Waals surface area contributed by atoms with Crippen LogP contribution in [0.25, 0.3) is 0 Å². The molecule has 1 aliphatic carbocycles. The summed E-state index contributed by atoms with van der Waals surface area (Å²) in [6.45, 7) is 3.53. The molecule has 1 unspecified atom stereocenters. The summed E-state index contributed by atoms with van der Waals surface area (Å²) in [6, 6.07) is 0. The maximum absolute atomic E-state index is 3.16. The number of rotatable bonds is 2. The van der Waals surface area contributed by atoms with E-state index in [1.165, 1.54) is 13.0 Å². The van der Waals surface area contributed by atoms with E-state index in [0.717, 1.165) is 11.8 Å². The molecular formula is C6H13N. The Bertz CT molecular complexity index is 61.2. The first-order chi connectivity index (χ1) is 3.34. The molecule has 0 aromatic rings. The number of hydrogen-bond acceptors (Lipinski definition) is 1. The highest BCUT2D eigenvalue weighted by Crippen LogP contribution is 2.36. The van der Waals surface area contributed by atoms with Crippen LogP contribution in [0.3, 0.4) is 0 Å². The molecular weight excluding hydrogens is 86.1 g/mol. The van der Waals surface area contributed by atoms with E-state index in [4.69, 9.17) is 0 Å². The van der Waals surface area contributed by atoms with E-state index in [1.54, 1.807) is 0 Å². The Morgan fingerprint density at radius 1 is 1.71 bits per heavy atom. The molecule has 1 heteroatoms. The van der Waals surface area contributed by atoms with Gasteiger partial charge in [0.15, 0.2) is 0 Å². The minimum Gasteiger partial charge on any atom is -0.319 e. The number of nitrogens with one attached hydrogen (secondary N) is 1. The first kappa shape index (κ1) is 5.10. The van der Waals surface area contributed by atoms with Gasteiger partial charge in [0.2, 0.25) is 0 Å². The van der Waals surface area contributed by atoms with Gasteiger partial charge in [-0.1, -0.05) is 6.92 Å². The monoisotopic (exact) mass is 99.1 g/mol. The second-order valence-electron chi connectivity index (χ2n) is 2.53. The second kappa shape index (κ2) is 1.83. The van der Waals surface area contributed by atoms with Gasteiger partial charge in [-0.3, -0.25) is 0 Å². The van der Waals surface area contributed by atoms with E-state index < -0.39 is 0 Å². The van der Waals surface area contributed by atoms with Gasteiger partial charge in [0.05, 0.1) is 0 Å². The Morgan fingerprint density at radius 2 is 2.29 bits per heavy atom. The Hall–Kier alpha value is -0.0400. The Balaban J connectivity index is 1.98. The smallest absolute Gasteiger partial charge is 0.00209 e. The minimum absolute atomic E-state index is 1.00. The molecule has 1 fully saturated rings. The minimum atomic E-state index is 1.00. The average Bonchev–Trinajstić information content (AvgIpc) is 2.22. The summed E-state index contributed by atoms with van der Waals surface area (Å²) in [5.74, 6) is 2.01. The standard InChI is InChI=1S/C6H13N/c1-5-3-6(5)4-7-2/h5-7H,3-4H2,1-2H3/t5?,6-/m1/s1. The van der Waals surface area contributed by atoms with Gasteiger partial charge in [-0.2, -0.15) is 0 Å². The molecule has 0 aliphatic heterocycles. The van der Waals surface area contributed by atoms with Crippen LogP contribution >= 0.6 is 0 Å². The van der Waals surface area contributed by atoms with Gasteiger partial charge in [0.1, 0.15) is 0 Å². The second-order valence-corrected chi connectivity index (χ2v) is 2.53. The molecule has 0 heterocycles. The fourth-order valence-corrected chi connectivity index (χ4v) is 0.946. The highest BCUT2D eigenvalue weighted by atomic mass is 14.8. The quantitative estimate of drug-likeness (QED) is 0.541. The zero-order valence-corrected chi connectivity index (χ0v) is 5.07. The topological polar surface area (TPSA) is 12.0 Å². The Morgan fingerprint density at radius 3 is 2.43 bits per heavy atom. The fourth-order valence-electron chi connectivity index (χ4n) is 0.946. The molecule has 1 rings (SSSR count). The van der Waals surface area contributed by atoms with E-state index >= 15 is 0 Å². The summed E-state index contributed by atoms with van der Waals surface area (Å²) >= 11 is 0. The summed E-state index contributed by atoms with van der Waals surface area (Å²) in [7, 11) is 2.02. The van der Waals surface area contributed by atoms with Crippen molar-refractivity contribution in [3.05, 3.63) is 0 Å². The molecule has 0 radical (unpaired) electrons. The molecule has 1 saturated carbocycles. The molecule has 2 atom stereocenters. The lowest BCUT2D eigenvalue weighted by Crippen LogP contribution is -2.09. The average molecular weight is 99.2 g/mol. The van der Waals surface area contributed by atoms with E-state index in [0.29, 0.717) is 0 Å². The van der Waals surface area contributed by atoms with E-state index in [9.17, 15) is 0 Å². The van der Waals surface area contributed by atoms with Crippen LogP contribution in [0, 0.1) is 11.8 Å². The Labute approximate surface area is 45.1 Å². The van der Waals surface area contributed by atoms with E-state index in [-0.39, 0.29) is 0 Å². The van der Waals surface area contributed by atoms with Crippen LogP contribution < -0.4 is 5.32 Å². The SMILES string of the molecule is CNC[C@H]1CC1C. The summed E-state index contributed by atoms with van der Waals surface area (Å²) in [5.41, 5.74) is 0. The van der Waals surface area contributed by atoms with E-state index in [2.05, 4.69) is 12.2 Å².